The number of likely N-dealkylation sites (tertiary alicyclic amines) is 1. The second-order valence-electron chi connectivity index (χ2n) is 11.7. The predicted molar refractivity (Wildman–Crippen MR) is 158 cm³/mol. The van der Waals surface area contributed by atoms with Crippen molar-refractivity contribution in [2.45, 2.75) is 55.3 Å². The van der Waals surface area contributed by atoms with E-state index in [1.807, 2.05) is 29.6 Å². The van der Waals surface area contributed by atoms with Gasteiger partial charge in [-0.25, -0.2) is 36.1 Å². The van der Waals surface area contributed by atoms with Crippen molar-refractivity contribution in [2.75, 3.05) is 18.4 Å². The molecule has 2 aromatic carbocycles. The maximum atomic E-state index is 14.9. The van der Waals surface area contributed by atoms with Gasteiger partial charge in [0.2, 0.25) is 0 Å². The molecule has 1 saturated carbocycles. The van der Waals surface area contributed by atoms with Crippen molar-refractivity contribution in [1.82, 2.24) is 29.5 Å². The third-order valence-corrected chi connectivity index (χ3v) is 9.94. The third-order valence-electron chi connectivity index (χ3n) is 8.62. The molecule has 0 bridgehead atoms. The number of nitrogens with zero attached hydrogens (tertiary/aromatic N) is 4. The average Bonchev–Trinajstić information content (AvgIpc) is 3.33. The largest absolute Gasteiger partial charge is 0.365 e. The molecule has 4 heterocycles. The lowest BCUT2D eigenvalue weighted by Gasteiger charge is -2.39. The maximum absolute atomic E-state index is 14.9. The number of urea groups is 1. The summed E-state index contributed by atoms with van der Waals surface area (Å²) in [5.74, 6) is -4.26. The van der Waals surface area contributed by atoms with Gasteiger partial charge in [0.25, 0.3) is 21.9 Å². The number of benzene rings is 2. The number of hydrogen-bond donors (Lipinski definition) is 3. The molecule has 16 heteroatoms. The number of fused-ring (bicyclic) bond motifs is 3. The first kappa shape index (κ1) is 30.0. The molecule has 3 aliphatic rings. The predicted octanol–water partition coefficient (Wildman–Crippen LogP) is 3.98. The first-order valence-electron chi connectivity index (χ1n) is 14.5. The fourth-order valence-corrected chi connectivity index (χ4v) is 6.99. The van der Waals surface area contributed by atoms with Gasteiger partial charge in [-0.15, -0.1) is 0 Å². The van der Waals surface area contributed by atoms with Crippen LogP contribution in [0, 0.1) is 12.7 Å². The summed E-state index contributed by atoms with van der Waals surface area (Å²) in [6, 6.07) is 9.48. The molecule has 7 rings (SSSR count). The lowest BCUT2D eigenvalue weighted by molar-refractivity contribution is -0.0741. The molecule has 46 heavy (non-hydrogen) atoms. The number of nitrogens with one attached hydrogen (secondary N) is 3. The Morgan fingerprint density at radius 3 is 2.57 bits per heavy atom. The highest BCUT2D eigenvalue weighted by Crippen LogP contribution is 2.44. The van der Waals surface area contributed by atoms with E-state index >= 15 is 0 Å². The Hall–Kier alpha value is -4.70. The first-order chi connectivity index (χ1) is 21.9. The molecule has 3 amide bonds. The van der Waals surface area contributed by atoms with Gasteiger partial charge in [0, 0.05) is 25.7 Å². The van der Waals surface area contributed by atoms with Gasteiger partial charge in [-0.1, -0.05) is 30.3 Å². The molecule has 1 spiro atoms. The molecule has 12 nitrogen and oxygen atoms in total. The molecule has 3 N–H and O–H groups in total. The first-order valence-corrected chi connectivity index (χ1v) is 16.0. The zero-order valence-corrected chi connectivity index (χ0v) is 25.2. The number of piperidine rings is 1. The van der Waals surface area contributed by atoms with Crippen LogP contribution in [0.4, 0.5) is 29.5 Å². The Kier molecular flexibility index (Phi) is 6.97. The highest BCUT2D eigenvalue weighted by Gasteiger charge is 2.58. The minimum atomic E-state index is -4.66. The van der Waals surface area contributed by atoms with E-state index in [4.69, 9.17) is 4.74 Å². The number of anilines is 2. The minimum Gasteiger partial charge on any atom is -0.365 e. The number of hydrogen-bond acceptors (Lipinski definition) is 8. The van der Waals surface area contributed by atoms with Gasteiger partial charge in [0.15, 0.2) is 10.5 Å². The third kappa shape index (κ3) is 5.20. The smallest absolute Gasteiger partial charge is 0.329 e. The molecule has 1 aliphatic carbocycles. The maximum Gasteiger partial charge on any atom is 0.329 e. The molecular weight excluding hydrogens is 627 g/mol. The van der Waals surface area contributed by atoms with E-state index in [0.29, 0.717) is 38.1 Å². The SMILES string of the molecule is Cc1ccc(F)c(Nc2c(C(=O)N3CCC4(CC3)OCc3ccccc34)cnc3c(S(=O)(=O)NC(=O)NC4CC4(F)F)cnn23)c1. The zero-order chi connectivity index (χ0) is 32.4. The zero-order valence-electron chi connectivity index (χ0n) is 24.4. The molecular formula is C30H28F3N7O5S. The number of ether oxygens (including phenoxy) is 1. The van der Waals surface area contributed by atoms with Crippen molar-refractivity contribution in [3.63, 3.8) is 0 Å². The van der Waals surface area contributed by atoms with Crippen LogP contribution >= 0.6 is 0 Å². The van der Waals surface area contributed by atoms with Crippen molar-refractivity contribution < 1.29 is 35.9 Å². The molecule has 1 atom stereocenters. The van der Waals surface area contributed by atoms with Gasteiger partial charge in [-0.2, -0.15) is 9.61 Å². The van der Waals surface area contributed by atoms with E-state index in [1.54, 1.807) is 22.6 Å². The van der Waals surface area contributed by atoms with Crippen molar-refractivity contribution in [3.8, 4) is 0 Å². The summed E-state index contributed by atoms with van der Waals surface area (Å²) in [5, 5.41) is 8.92. The number of halogens is 3. The Bertz CT molecular complexity index is 2010. The average molecular weight is 656 g/mol. The molecule has 0 radical (unpaired) electrons. The van der Waals surface area contributed by atoms with Crippen LogP contribution in [0.15, 0.2) is 59.8 Å². The summed E-state index contributed by atoms with van der Waals surface area (Å²) in [6.45, 7) is 2.94. The van der Waals surface area contributed by atoms with Crippen LogP contribution in [0.1, 0.15) is 46.3 Å². The molecule has 1 saturated heterocycles. The summed E-state index contributed by atoms with van der Waals surface area (Å²) in [7, 11) is -4.66. The number of sulfonamides is 1. The van der Waals surface area contributed by atoms with Crippen LogP contribution in [0.2, 0.25) is 0 Å². The quantitative estimate of drug-likeness (QED) is 0.283. The fourth-order valence-electron chi connectivity index (χ4n) is 6.01. The van der Waals surface area contributed by atoms with Gasteiger partial charge in [0.05, 0.1) is 24.1 Å². The monoisotopic (exact) mass is 655 g/mol. The fraction of sp³-hybridized carbons (Fsp3) is 0.333. The highest BCUT2D eigenvalue weighted by molar-refractivity contribution is 7.90. The number of aromatic nitrogens is 3. The van der Waals surface area contributed by atoms with Crippen molar-refractivity contribution in [3.05, 3.63) is 82.9 Å². The van der Waals surface area contributed by atoms with E-state index in [2.05, 4.69) is 15.4 Å². The Morgan fingerprint density at radius 1 is 1.09 bits per heavy atom. The number of rotatable bonds is 6. The van der Waals surface area contributed by atoms with Crippen molar-refractivity contribution >= 4 is 39.1 Å². The van der Waals surface area contributed by atoms with E-state index in [-0.39, 0.29) is 22.7 Å². The number of aryl methyl sites for hydroxylation is 1. The Labute approximate surface area is 261 Å². The lowest BCUT2D eigenvalue weighted by Crippen LogP contribution is -2.45. The van der Waals surface area contributed by atoms with E-state index in [9.17, 15) is 31.2 Å². The van der Waals surface area contributed by atoms with Crippen molar-refractivity contribution in [1.29, 1.82) is 0 Å². The molecule has 2 fully saturated rings. The second-order valence-corrected chi connectivity index (χ2v) is 13.4. The molecule has 2 aliphatic heterocycles. The lowest BCUT2D eigenvalue weighted by atomic mass is 9.83. The van der Waals surface area contributed by atoms with Gasteiger partial charge in [-0.05, 0) is 48.6 Å². The summed E-state index contributed by atoms with van der Waals surface area (Å²) in [4.78, 5) is 31.4. The van der Waals surface area contributed by atoms with Crippen LogP contribution in [0.5, 0.6) is 0 Å². The Morgan fingerprint density at radius 2 is 1.83 bits per heavy atom. The van der Waals surface area contributed by atoms with Crippen LogP contribution in [0.25, 0.3) is 5.65 Å². The standard InChI is InChI=1S/C30H28F3N7O5S/c1-17-6-7-21(31)22(12-17)36-25-19(27(41)39-10-8-29(9-11-39)20-5-3-2-4-18(20)16-45-29)14-34-26-23(15-35-40(25)26)46(43,44)38-28(42)37-24-13-30(24,32)33/h2-7,12,14-15,24,36H,8-11,13,16H2,1H3,(H2,37,38,42). The number of carbonyl (C=O) groups is 2. The van der Waals surface area contributed by atoms with Crippen LogP contribution in [-0.2, 0) is 27.0 Å². The second kappa shape index (κ2) is 10.7. The molecule has 2 aromatic heterocycles. The number of alkyl halides is 2. The van der Waals surface area contributed by atoms with Crippen molar-refractivity contribution in [2.24, 2.45) is 0 Å². The molecule has 1 unspecified atom stereocenters. The normalized spacial score (nSPS) is 19.6. The van der Waals surface area contributed by atoms with Gasteiger partial charge in [0.1, 0.15) is 23.2 Å². The molecule has 4 aromatic rings. The van der Waals surface area contributed by atoms with Crippen LogP contribution < -0.4 is 15.4 Å². The van der Waals surface area contributed by atoms with Gasteiger partial charge >= 0.3 is 6.03 Å². The van der Waals surface area contributed by atoms with Gasteiger partial charge < -0.3 is 20.3 Å². The van der Waals surface area contributed by atoms with E-state index in [1.165, 1.54) is 12.1 Å². The summed E-state index contributed by atoms with van der Waals surface area (Å²) < 4.78 is 76.5. The number of amides is 3. The summed E-state index contributed by atoms with van der Waals surface area (Å²) in [6.07, 6.45) is 2.55. The van der Waals surface area contributed by atoms with Gasteiger partial charge in [-0.3, -0.25) is 4.79 Å². The topological polar surface area (TPSA) is 147 Å². The minimum absolute atomic E-state index is 0.00196. The van der Waals surface area contributed by atoms with Crippen LogP contribution in [-0.4, -0.2) is 64.9 Å². The Balaban J connectivity index is 1.21. The van der Waals surface area contributed by atoms with Crippen LogP contribution in [0.3, 0.4) is 0 Å². The summed E-state index contributed by atoms with van der Waals surface area (Å²) in [5.41, 5.74) is 2.13. The number of carbonyl (C=O) groups excluding carboxylic acids is 2. The molecule has 240 valence electrons. The van der Waals surface area contributed by atoms with E-state index in [0.717, 1.165) is 28.0 Å². The summed E-state index contributed by atoms with van der Waals surface area (Å²) >= 11 is 0. The highest BCUT2D eigenvalue weighted by atomic mass is 32.2. The van der Waals surface area contributed by atoms with E-state index < -0.39 is 56.7 Å².